The van der Waals surface area contributed by atoms with E-state index in [0.29, 0.717) is 18.5 Å². The maximum Gasteiger partial charge on any atom is 0.251 e. The molecule has 0 aliphatic carbocycles. The Kier molecular flexibility index (Phi) is 4.74. The van der Waals surface area contributed by atoms with Crippen molar-refractivity contribution in [2.45, 2.75) is 26.3 Å². The van der Waals surface area contributed by atoms with Gasteiger partial charge in [0.15, 0.2) is 0 Å². The molecule has 1 aliphatic rings. The Bertz CT molecular complexity index is 799. The quantitative estimate of drug-likeness (QED) is 0.911. The van der Waals surface area contributed by atoms with Crippen molar-refractivity contribution in [2.24, 2.45) is 0 Å². The van der Waals surface area contributed by atoms with Crippen LogP contribution in [0.4, 0.5) is 5.69 Å². The number of hydrogen-bond acceptors (Lipinski definition) is 3. The van der Waals surface area contributed by atoms with E-state index in [1.165, 1.54) is 0 Å². The summed E-state index contributed by atoms with van der Waals surface area (Å²) in [6.07, 6.45) is 0.359. The second-order valence-corrected chi connectivity index (χ2v) is 6.13. The number of benzene rings is 2. The summed E-state index contributed by atoms with van der Waals surface area (Å²) in [7, 11) is 1.62. The number of hydrogen-bond donors (Lipinski definition) is 1. The van der Waals surface area contributed by atoms with Gasteiger partial charge in [-0.25, -0.2) is 0 Å². The summed E-state index contributed by atoms with van der Waals surface area (Å²) in [5.74, 6) is 0.723. The van der Waals surface area contributed by atoms with E-state index in [1.54, 1.807) is 18.1 Å². The van der Waals surface area contributed by atoms with Crippen molar-refractivity contribution in [3.63, 3.8) is 0 Å². The Labute approximate surface area is 147 Å². The number of fused-ring (bicyclic) bond motifs is 1. The summed E-state index contributed by atoms with van der Waals surface area (Å²) in [5, 5.41) is 3.00. The molecule has 0 bridgehead atoms. The number of methoxy groups -OCH3 is 1. The molecule has 1 N–H and O–H groups in total. The van der Waals surface area contributed by atoms with Crippen LogP contribution in [0.5, 0.6) is 5.75 Å². The van der Waals surface area contributed by atoms with Crippen LogP contribution in [0, 0.1) is 0 Å². The highest BCUT2D eigenvalue weighted by atomic mass is 16.5. The second kappa shape index (κ2) is 6.97. The third kappa shape index (κ3) is 3.36. The van der Waals surface area contributed by atoms with Crippen molar-refractivity contribution >= 4 is 17.5 Å². The van der Waals surface area contributed by atoms with E-state index in [9.17, 15) is 9.59 Å². The SMILES string of the molecule is CCN1C(=O)Cc2cc(C(=O)N[C@H](C)c3ccc(OC)cc3)ccc21. The molecule has 1 heterocycles. The summed E-state index contributed by atoms with van der Waals surface area (Å²) in [5.41, 5.74) is 3.40. The van der Waals surface area contributed by atoms with Gasteiger partial charge in [-0.1, -0.05) is 12.1 Å². The van der Waals surface area contributed by atoms with Crippen molar-refractivity contribution in [2.75, 3.05) is 18.6 Å². The molecule has 0 unspecified atom stereocenters. The molecular weight excluding hydrogens is 316 g/mol. The summed E-state index contributed by atoms with van der Waals surface area (Å²) in [6, 6.07) is 12.9. The van der Waals surface area contributed by atoms with Crippen LogP contribution in [0.1, 0.15) is 41.4 Å². The van der Waals surface area contributed by atoms with Crippen LogP contribution in [0.15, 0.2) is 42.5 Å². The average Bonchev–Trinajstić information content (AvgIpc) is 2.95. The Morgan fingerprint density at radius 3 is 2.60 bits per heavy atom. The topological polar surface area (TPSA) is 58.6 Å². The molecule has 2 aromatic carbocycles. The van der Waals surface area contributed by atoms with E-state index in [4.69, 9.17) is 4.74 Å². The van der Waals surface area contributed by atoms with Gasteiger partial charge < -0.3 is 15.0 Å². The Hall–Kier alpha value is -2.82. The average molecular weight is 338 g/mol. The summed E-state index contributed by atoms with van der Waals surface area (Å²) < 4.78 is 5.15. The molecule has 25 heavy (non-hydrogen) atoms. The van der Waals surface area contributed by atoms with E-state index < -0.39 is 0 Å². The smallest absolute Gasteiger partial charge is 0.251 e. The van der Waals surface area contributed by atoms with Gasteiger partial charge in [-0.05, 0) is 55.3 Å². The molecule has 1 atom stereocenters. The first-order valence-electron chi connectivity index (χ1n) is 8.41. The minimum absolute atomic E-state index is 0.0849. The number of nitrogens with zero attached hydrogens (tertiary/aromatic N) is 1. The first-order valence-corrected chi connectivity index (χ1v) is 8.41. The van der Waals surface area contributed by atoms with Gasteiger partial charge in [-0.15, -0.1) is 0 Å². The largest absolute Gasteiger partial charge is 0.497 e. The number of anilines is 1. The van der Waals surface area contributed by atoms with Crippen molar-refractivity contribution < 1.29 is 14.3 Å². The maximum atomic E-state index is 12.5. The van der Waals surface area contributed by atoms with Crippen molar-refractivity contribution in [3.8, 4) is 5.75 Å². The van der Waals surface area contributed by atoms with Gasteiger partial charge >= 0.3 is 0 Å². The summed E-state index contributed by atoms with van der Waals surface area (Å²) in [4.78, 5) is 26.3. The zero-order chi connectivity index (χ0) is 18.0. The first-order chi connectivity index (χ1) is 12.0. The third-order valence-electron chi connectivity index (χ3n) is 4.55. The van der Waals surface area contributed by atoms with Crippen molar-refractivity contribution in [1.29, 1.82) is 0 Å². The minimum Gasteiger partial charge on any atom is -0.497 e. The molecule has 0 fully saturated rings. The maximum absolute atomic E-state index is 12.5. The van der Waals surface area contributed by atoms with Gasteiger partial charge in [0.25, 0.3) is 5.91 Å². The molecule has 5 heteroatoms. The second-order valence-electron chi connectivity index (χ2n) is 6.13. The zero-order valence-corrected chi connectivity index (χ0v) is 14.7. The predicted molar refractivity (Wildman–Crippen MR) is 97.0 cm³/mol. The fourth-order valence-corrected chi connectivity index (χ4v) is 3.13. The molecule has 0 aromatic heterocycles. The lowest BCUT2D eigenvalue weighted by Gasteiger charge is -2.16. The van der Waals surface area contributed by atoms with E-state index in [2.05, 4.69) is 5.32 Å². The molecule has 1 aliphatic heterocycles. The van der Waals surface area contributed by atoms with Crippen molar-refractivity contribution in [3.05, 3.63) is 59.2 Å². The number of ether oxygens (including phenoxy) is 1. The zero-order valence-electron chi connectivity index (χ0n) is 14.7. The summed E-state index contributed by atoms with van der Waals surface area (Å²) >= 11 is 0. The number of carbonyl (C=O) groups is 2. The monoisotopic (exact) mass is 338 g/mol. The first kappa shape index (κ1) is 17.0. The fourth-order valence-electron chi connectivity index (χ4n) is 3.13. The lowest BCUT2D eigenvalue weighted by molar-refractivity contribution is -0.117. The predicted octanol–water partition coefficient (Wildman–Crippen LogP) is 3.10. The highest BCUT2D eigenvalue weighted by Crippen LogP contribution is 2.29. The van der Waals surface area contributed by atoms with E-state index in [-0.39, 0.29) is 17.9 Å². The lowest BCUT2D eigenvalue weighted by Crippen LogP contribution is -2.27. The highest BCUT2D eigenvalue weighted by molar-refractivity contribution is 6.03. The number of likely N-dealkylation sites (N-methyl/N-ethyl adjacent to an activating group) is 1. The normalized spacial score (nSPS) is 14.2. The minimum atomic E-state index is -0.145. The molecule has 0 saturated carbocycles. The third-order valence-corrected chi connectivity index (χ3v) is 4.55. The molecule has 2 amide bonds. The molecule has 5 nitrogen and oxygen atoms in total. The van der Waals surface area contributed by atoms with Crippen LogP contribution in [0.25, 0.3) is 0 Å². The number of rotatable bonds is 5. The highest BCUT2D eigenvalue weighted by Gasteiger charge is 2.26. The van der Waals surface area contributed by atoms with Gasteiger partial charge in [-0.2, -0.15) is 0 Å². The number of carbonyl (C=O) groups excluding carboxylic acids is 2. The fraction of sp³-hybridized carbons (Fsp3) is 0.300. The molecule has 0 saturated heterocycles. The van der Waals surface area contributed by atoms with Crippen LogP contribution < -0.4 is 15.0 Å². The van der Waals surface area contributed by atoms with Gasteiger partial charge in [0.1, 0.15) is 5.75 Å². The summed E-state index contributed by atoms with van der Waals surface area (Å²) in [6.45, 7) is 4.53. The molecular formula is C20H22N2O3. The van der Waals surface area contributed by atoms with Crippen LogP contribution in [-0.4, -0.2) is 25.5 Å². The van der Waals surface area contributed by atoms with Gasteiger partial charge in [0.05, 0.1) is 19.6 Å². The van der Waals surface area contributed by atoms with Crippen LogP contribution in [-0.2, 0) is 11.2 Å². The van der Waals surface area contributed by atoms with Gasteiger partial charge in [0, 0.05) is 17.8 Å². The van der Waals surface area contributed by atoms with Crippen molar-refractivity contribution in [1.82, 2.24) is 5.32 Å². The molecule has 3 rings (SSSR count). The Morgan fingerprint density at radius 2 is 1.96 bits per heavy atom. The Morgan fingerprint density at radius 1 is 1.24 bits per heavy atom. The van der Waals surface area contributed by atoms with E-state index in [0.717, 1.165) is 22.6 Å². The molecule has 130 valence electrons. The van der Waals surface area contributed by atoms with Crippen LogP contribution in [0.3, 0.4) is 0 Å². The van der Waals surface area contributed by atoms with Gasteiger partial charge in [-0.3, -0.25) is 9.59 Å². The molecule has 0 spiro atoms. The molecule has 2 aromatic rings. The van der Waals surface area contributed by atoms with Crippen LogP contribution in [0.2, 0.25) is 0 Å². The number of amides is 2. The van der Waals surface area contributed by atoms with E-state index >= 15 is 0 Å². The van der Waals surface area contributed by atoms with Crippen LogP contribution >= 0.6 is 0 Å². The lowest BCUT2D eigenvalue weighted by atomic mass is 10.1. The van der Waals surface area contributed by atoms with Gasteiger partial charge in [0.2, 0.25) is 5.91 Å². The standard InChI is InChI=1S/C20H22N2O3/c1-4-22-18-10-7-15(11-16(18)12-19(22)23)20(24)21-13(2)14-5-8-17(25-3)9-6-14/h5-11,13H,4,12H2,1-3H3,(H,21,24)/t13-/m1/s1. The molecule has 0 radical (unpaired) electrons. The number of nitrogens with one attached hydrogen (secondary N) is 1. The Balaban J connectivity index is 1.73. The van der Waals surface area contributed by atoms with E-state index in [1.807, 2.05) is 50.2 Å².